The molecule has 1 aliphatic rings. The molecule has 6 heteroatoms. The lowest BCUT2D eigenvalue weighted by molar-refractivity contribution is -0.139. The monoisotopic (exact) mass is 312 g/mol. The fraction of sp³-hybridized carbons (Fsp3) is 0.600. The number of Topliss-reactive ketones (excluding diaryl/α,β-unsaturated/α-hetero) is 1. The van der Waals surface area contributed by atoms with Gasteiger partial charge < -0.3 is 14.9 Å². The molecule has 0 fully saturated rings. The highest BCUT2D eigenvalue weighted by atomic mass is 28.3. The maximum atomic E-state index is 12.2. The second-order valence-corrected chi connectivity index (χ2v) is 12.4. The van der Waals surface area contributed by atoms with Crippen LogP contribution in [0.5, 0.6) is 0 Å². The van der Waals surface area contributed by atoms with Crippen molar-refractivity contribution in [2.24, 2.45) is 0 Å². The van der Waals surface area contributed by atoms with Crippen molar-refractivity contribution in [3.8, 4) is 0 Å². The average Bonchev–Trinajstić information content (AvgIpc) is 2.33. The van der Waals surface area contributed by atoms with Crippen LogP contribution < -0.4 is 0 Å². The summed E-state index contributed by atoms with van der Waals surface area (Å²) in [6, 6.07) is 0.809. The van der Waals surface area contributed by atoms with E-state index in [9.17, 15) is 19.8 Å². The Kier molecular flexibility index (Phi) is 4.85. The molecule has 0 radical (unpaired) electrons. The number of hydrogen-bond acceptors (Lipinski definition) is 5. The molecule has 0 spiro atoms. The van der Waals surface area contributed by atoms with E-state index in [1.165, 1.54) is 20.8 Å². The van der Waals surface area contributed by atoms with E-state index in [-0.39, 0.29) is 23.3 Å². The van der Waals surface area contributed by atoms with Crippen LogP contribution in [0.25, 0.3) is 0 Å². The molecule has 0 amide bonds. The van der Waals surface area contributed by atoms with Gasteiger partial charge in [0.05, 0.1) is 6.61 Å². The number of carbonyl (C=O) groups is 2. The molecule has 0 aliphatic heterocycles. The Morgan fingerprint density at radius 1 is 1.29 bits per heavy atom. The van der Waals surface area contributed by atoms with Crippen LogP contribution in [0.2, 0.25) is 25.7 Å². The lowest BCUT2D eigenvalue weighted by atomic mass is 9.79. The first-order valence-electron chi connectivity index (χ1n) is 6.95. The number of hydrogen-bond donors (Lipinski definition) is 2. The van der Waals surface area contributed by atoms with Crippen LogP contribution in [0.4, 0.5) is 0 Å². The molecule has 118 valence electrons. The van der Waals surface area contributed by atoms with E-state index in [2.05, 4.69) is 19.6 Å². The van der Waals surface area contributed by atoms with Gasteiger partial charge in [-0.05, 0) is 32.4 Å². The van der Waals surface area contributed by atoms with Gasteiger partial charge >= 0.3 is 5.97 Å². The third-order valence-electron chi connectivity index (χ3n) is 3.77. The van der Waals surface area contributed by atoms with Crippen molar-refractivity contribution in [1.82, 2.24) is 0 Å². The Hall–Kier alpha value is -1.40. The van der Waals surface area contributed by atoms with Crippen molar-refractivity contribution in [3.05, 3.63) is 22.5 Å². The van der Waals surface area contributed by atoms with Crippen molar-refractivity contribution in [3.63, 3.8) is 0 Å². The second kappa shape index (κ2) is 5.77. The molecule has 0 aromatic carbocycles. The molecule has 5 nitrogen and oxygen atoms in total. The highest BCUT2D eigenvalue weighted by Gasteiger charge is 2.43. The van der Waals surface area contributed by atoms with E-state index >= 15 is 0 Å². The van der Waals surface area contributed by atoms with E-state index in [1.807, 2.05) is 0 Å². The van der Waals surface area contributed by atoms with Gasteiger partial charge in [-0.15, -0.1) is 0 Å². The van der Waals surface area contributed by atoms with Gasteiger partial charge in [0.1, 0.15) is 16.9 Å². The molecular formula is C15H24O5Si. The number of carbonyl (C=O) groups excluding carboxylic acids is 2. The zero-order chi connectivity index (χ0) is 16.6. The van der Waals surface area contributed by atoms with Crippen molar-refractivity contribution >= 4 is 19.8 Å². The minimum atomic E-state index is -1.79. The van der Waals surface area contributed by atoms with Gasteiger partial charge in [0.25, 0.3) is 0 Å². The Balaban J connectivity index is 3.02. The largest absolute Gasteiger partial charge is 0.507 e. The van der Waals surface area contributed by atoms with Crippen LogP contribution in [0.15, 0.2) is 22.5 Å². The minimum Gasteiger partial charge on any atom is -0.507 e. The van der Waals surface area contributed by atoms with Crippen LogP contribution in [-0.2, 0) is 14.3 Å². The van der Waals surface area contributed by atoms with Gasteiger partial charge in [-0.2, -0.15) is 0 Å². The topological polar surface area (TPSA) is 83.8 Å². The van der Waals surface area contributed by atoms with Crippen LogP contribution >= 0.6 is 0 Å². The molecule has 1 aliphatic carbocycles. The molecule has 0 saturated carbocycles. The molecule has 0 heterocycles. The molecule has 0 bridgehead atoms. The van der Waals surface area contributed by atoms with Crippen LogP contribution in [0.1, 0.15) is 20.8 Å². The van der Waals surface area contributed by atoms with E-state index in [0.29, 0.717) is 0 Å². The summed E-state index contributed by atoms with van der Waals surface area (Å²) in [4.78, 5) is 24.1. The smallest absolute Gasteiger partial charge is 0.341 e. The minimum absolute atomic E-state index is 0.0252. The number of aliphatic hydroxyl groups is 2. The summed E-state index contributed by atoms with van der Waals surface area (Å²) < 4.78 is 5.20. The predicted molar refractivity (Wildman–Crippen MR) is 82.8 cm³/mol. The molecular weight excluding hydrogens is 288 g/mol. The third-order valence-corrected chi connectivity index (χ3v) is 5.47. The van der Waals surface area contributed by atoms with E-state index in [1.54, 1.807) is 0 Å². The molecule has 0 saturated heterocycles. The molecule has 1 unspecified atom stereocenters. The first-order valence-corrected chi connectivity index (χ1v) is 10.7. The van der Waals surface area contributed by atoms with Crippen LogP contribution in [-0.4, -0.2) is 42.2 Å². The Labute approximate surface area is 126 Å². The summed E-state index contributed by atoms with van der Waals surface area (Å²) >= 11 is 0. The lowest BCUT2D eigenvalue weighted by Crippen LogP contribution is -2.42. The summed E-state index contributed by atoms with van der Waals surface area (Å²) in [5.41, 5.74) is -1.80. The van der Waals surface area contributed by atoms with Gasteiger partial charge in [0, 0.05) is 13.6 Å². The van der Waals surface area contributed by atoms with E-state index in [0.717, 1.165) is 6.04 Å². The molecule has 2 N–H and O–H groups in total. The van der Waals surface area contributed by atoms with Gasteiger partial charge in [-0.3, -0.25) is 4.79 Å². The van der Waals surface area contributed by atoms with Crippen LogP contribution in [0.3, 0.4) is 0 Å². The third kappa shape index (κ3) is 3.62. The standard InChI is InChI=1S/C15H24O5Si/c1-9-12(16)11(10(2)15(3,19)13(9)17)14(18)20-7-8-21(4,5)6/h16,19H,7-8H2,1-6H3. The zero-order valence-corrected chi connectivity index (χ0v) is 14.5. The summed E-state index contributed by atoms with van der Waals surface area (Å²) in [5, 5.41) is 20.3. The SMILES string of the molecule is CC1=C(O)C(C(=O)OCC[Si](C)(C)C)=C(C)C(C)(O)C1=O. The maximum Gasteiger partial charge on any atom is 0.341 e. The highest BCUT2D eigenvalue weighted by molar-refractivity contribution is 6.76. The fourth-order valence-corrected chi connectivity index (χ4v) is 2.74. The summed E-state index contributed by atoms with van der Waals surface area (Å²) in [7, 11) is -1.33. The van der Waals surface area contributed by atoms with Gasteiger partial charge in [-0.25, -0.2) is 4.79 Å². The molecule has 0 aromatic heterocycles. The fourth-order valence-electron chi connectivity index (χ4n) is 2.02. The van der Waals surface area contributed by atoms with Crippen molar-refractivity contribution in [2.75, 3.05) is 6.61 Å². The number of rotatable bonds is 4. The van der Waals surface area contributed by atoms with Crippen molar-refractivity contribution < 1.29 is 24.5 Å². The first kappa shape index (κ1) is 17.6. The molecule has 0 aromatic rings. The Morgan fingerprint density at radius 3 is 2.29 bits per heavy atom. The lowest BCUT2D eigenvalue weighted by Gasteiger charge is -2.30. The Bertz CT molecular complexity index is 535. The average molecular weight is 312 g/mol. The van der Waals surface area contributed by atoms with Crippen molar-refractivity contribution in [1.29, 1.82) is 0 Å². The van der Waals surface area contributed by atoms with E-state index < -0.39 is 31.2 Å². The summed E-state index contributed by atoms with van der Waals surface area (Å²) in [6.07, 6.45) is 0. The molecule has 1 atom stereocenters. The predicted octanol–water partition coefficient (Wildman–Crippen LogP) is 2.35. The van der Waals surface area contributed by atoms with Gasteiger partial charge in [0.2, 0.25) is 0 Å². The molecule has 1 rings (SSSR count). The number of ether oxygens (including phenoxy) is 1. The first-order chi connectivity index (χ1) is 9.39. The maximum absolute atomic E-state index is 12.2. The second-order valence-electron chi connectivity index (χ2n) is 6.82. The number of esters is 1. The normalized spacial score (nSPS) is 23.7. The summed E-state index contributed by atoms with van der Waals surface area (Å²) in [6.45, 7) is 10.9. The van der Waals surface area contributed by atoms with Crippen molar-refractivity contribution in [2.45, 2.75) is 52.1 Å². The van der Waals surface area contributed by atoms with Crippen LogP contribution in [0, 0.1) is 0 Å². The highest BCUT2D eigenvalue weighted by Crippen LogP contribution is 2.34. The zero-order valence-electron chi connectivity index (χ0n) is 13.5. The van der Waals surface area contributed by atoms with E-state index in [4.69, 9.17) is 4.74 Å². The quantitative estimate of drug-likeness (QED) is 0.615. The summed E-state index contributed by atoms with van der Waals surface area (Å²) in [5.74, 6) is -1.70. The Morgan fingerprint density at radius 2 is 1.81 bits per heavy atom. The number of aliphatic hydroxyl groups excluding tert-OH is 1. The van der Waals surface area contributed by atoms with Gasteiger partial charge in [0.15, 0.2) is 5.78 Å². The van der Waals surface area contributed by atoms with Gasteiger partial charge in [-0.1, -0.05) is 19.6 Å². The number of ketones is 1. The molecule has 21 heavy (non-hydrogen) atoms.